The van der Waals surface area contributed by atoms with Gasteiger partial charge in [-0.05, 0) is 19.4 Å². The zero-order valence-corrected chi connectivity index (χ0v) is 6.68. The van der Waals surface area contributed by atoms with Crippen molar-refractivity contribution >= 4 is 0 Å². The van der Waals surface area contributed by atoms with Crippen LogP contribution in [-0.4, -0.2) is 30.7 Å². The third-order valence-corrected chi connectivity index (χ3v) is 1.92. The van der Waals surface area contributed by atoms with Gasteiger partial charge in [-0.3, -0.25) is 7.05 Å². The van der Waals surface area contributed by atoms with Crippen molar-refractivity contribution in [2.75, 3.05) is 19.8 Å². The summed E-state index contributed by atoms with van der Waals surface area (Å²) in [5.41, 5.74) is 0. The minimum absolute atomic E-state index is 0.603. The molecule has 1 fully saturated rings. The van der Waals surface area contributed by atoms with Crippen molar-refractivity contribution in [2.24, 2.45) is 0 Å². The molecular weight excluding hydrogens is 126 g/mol. The third kappa shape index (κ3) is 1.96. The molecule has 1 saturated heterocycles. The molecule has 0 aliphatic carbocycles. The van der Waals surface area contributed by atoms with Gasteiger partial charge >= 0.3 is 0 Å². The number of rotatable bonds is 4. The maximum atomic E-state index is 5.38. The van der Waals surface area contributed by atoms with Gasteiger partial charge in [-0.1, -0.05) is 6.92 Å². The molecule has 1 aliphatic rings. The highest BCUT2D eigenvalue weighted by atomic mass is 16.5. The zero-order valence-electron chi connectivity index (χ0n) is 6.68. The molecule has 2 heteroatoms. The van der Waals surface area contributed by atoms with Gasteiger partial charge in [0.15, 0.2) is 0 Å². The molecule has 1 rings (SSSR count). The van der Waals surface area contributed by atoms with Crippen LogP contribution in [0.3, 0.4) is 0 Å². The van der Waals surface area contributed by atoms with E-state index >= 15 is 0 Å². The maximum Gasteiger partial charge on any atom is 0.0598 e. The number of ether oxygens (including phenoxy) is 1. The molecule has 10 heavy (non-hydrogen) atoms. The van der Waals surface area contributed by atoms with E-state index in [-0.39, 0.29) is 0 Å². The van der Waals surface area contributed by atoms with Crippen LogP contribution < -0.4 is 0 Å². The van der Waals surface area contributed by atoms with Crippen LogP contribution in [0.1, 0.15) is 19.8 Å². The van der Waals surface area contributed by atoms with Crippen LogP contribution in [0.15, 0.2) is 0 Å². The maximum absolute atomic E-state index is 5.38. The standard InChI is InChI=1S/C8H16NO/c1-3-6-10-7-8-4-5-9(8)2/h8H,2-7H2,1H3/q-1/t8-/m1/s1. The van der Waals surface area contributed by atoms with Crippen molar-refractivity contribution in [3.05, 3.63) is 7.05 Å². The van der Waals surface area contributed by atoms with Gasteiger partial charge in [-0.25, -0.2) is 0 Å². The Kier molecular flexibility index (Phi) is 3.16. The molecule has 1 aliphatic heterocycles. The molecule has 0 saturated carbocycles. The predicted octanol–water partition coefficient (Wildman–Crippen LogP) is 1.28. The molecule has 60 valence electrons. The van der Waals surface area contributed by atoms with Gasteiger partial charge in [-0.2, -0.15) is 0 Å². The van der Waals surface area contributed by atoms with E-state index in [9.17, 15) is 0 Å². The summed E-state index contributed by atoms with van der Waals surface area (Å²) < 4.78 is 5.38. The summed E-state index contributed by atoms with van der Waals surface area (Å²) in [5, 5.41) is 0. The molecule has 1 heterocycles. The topological polar surface area (TPSA) is 12.5 Å². The largest absolute Gasteiger partial charge is 0.455 e. The van der Waals surface area contributed by atoms with E-state index in [0.29, 0.717) is 6.04 Å². The molecule has 0 unspecified atom stereocenters. The average Bonchev–Trinajstić information content (AvgIpc) is 1.95. The van der Waals surface area contributed by atoms with Crippen molar-refractivity contribution in [1.82, 2.24) is 4.90 Å². The fourth-order valence-corrected chi connectivity index (χ4v) is 1.05. The van der Waals surface area contributed by atoms with Crippen molar-refractivity contribution in [3.8, 4) is 0 Å². The molecule has 1 atom stereocenters. The lowest BCUT2D eigenvalue weighted by Crippen LogP contribution is -2.46. The number of likely N-dealkylation sites (tertiary alicyclic amines) is 1. The Bertz CT molecular complexity index is 95.3. The minimum atomic E-state index is 0.603. The van der Waals surface area contributed by atoms with E-state index < -0.39 is 0 Å². The summed E-state index contributed by atoms with van der Waals surface area (Å²) in [7, 11) is 3.86. The molecule has 0 N–H and O–H groups in total. The Morgan fingerprint density at radius 2 is 2.50 bits per heavy atom. The van der Waals surface area contributed by atoms with Gasteiger partial charge in [0.05, 0.1) is 6.61 Å². The first kappa shape index (κ1) is 8.02. The zero-order chi connectivity index (χ0) is 7.40. The van der Waals surface area contributed by atoms with E-state index in [0.717, 1.165) is 26.2 Å². The van der Waals surface area contributed by atoms with Crippen LogP contribution in [0.25, 0.3) is 0 Å². The Balaban J connectivity index is 1.92. The molecule has 0 aromatic heterocycles. The van der Waals surface area contributed by atoms with Gasteiger partial charge in [0.25, 0.3) is 0 Å². The van der Waals surface area contributed by atoms with Crippen LogP contribution in [0.5, 0.6) is 0 Å². The molecule has 0 spiro atoms. The Morgan fingerprint density at radius 1 is 1.70 bits per heavy atom. The summed E-state index contributed by atoms with van der Waals surface area (Å²) in [6.45, 7) is 5.03. The number of nitrogens with zero attached hydrogens (tertiary/aromatic N) is 1. The van der Waals surface area contributed by atoms with Crippen molar-refractivity contribution in [1.29, 1.82) is 0 Å². The quantitative estimate of drug-likeness (QED) is 0.433. The van der Waals surface area contributed by atoms with E-state index in [2.05, 4.69) is 18.9 Å². The molecule has 0 bridgehead atoms. The van der Waals surface area contributed by atoms with Crippen LogP contribution in [0.4, 0.5) is 0 Å². The number of hydrogen-bond donors (Lipinski definition) is 0. The van der Waals surface area contributed by atoms with Gasteiger partial charge in [-0.15, -0.1) is 0 Å². The molecule has 0 radical (unpaired) electrons. The smallest absolute Gasteiger partial charge is 0.0598 e. The molecular formula is C8H16NO-. The van der Waals surface area contributed by atoms with Crippen LogP contribution >= 0.6 is 0 Å². The van der Waals surface area contributed by atoms with E-state index in [1.807, 2.05) is 0 Å². The second kappa shape index (κ2) is 3.94. The third-order valence-electron chi connectivity index (χ3n) is 1.92. The fraction of sp³-hybridized carbons (Fsp3) is 0.875. The second-order valence-electron chi connectivity index (χ2n) is 2.83. The fourth-order valence-electron chi connectivity index (χ4n) is 1.05. The van der Waals surface area contributed by atoms with Crippen molar-refractivity contribution in [3.63, 3.8) is 0 Å². The summed E-state index contributed by atoms with van der Waals surface area (Å²) in [5.74, 6) is 0. The Labute approximate surface area is 63.2 Å². The first-order valence-electron chi connectivity index (χ1n) is 3.99. The average molecular weight is 142 g/mol. The van der Waals surface area contributed by atoms with Crippen molar-refractivity contribution in [2.45, 2.75) is 25.8 Å². The van der Waals surface area contributed by atoms with Crippen LogP contribution in [-0.2, 0) is 4.74 Å². The first-order valence-corrected chi connectivity index (χ1v) is 3.99. The molecule has 0 amide bonds. The van der Waals surface area contributed by atoms with Crippen LogP contribution in [0.2, 0.25) is 0 Å². The Morgan fingerprint density at radius 3 is 2.90 bits per heavy atom. The molecule has 0 aromatic rings. The molecule has 2 nitrogen and oxygen atoms in total. The lowest BCUT2D eigenvalue weighted by molar-refractivity contribution is 0.0319. The van der Waals surface area contributed by atoms with E-state index in [1.54, 1.807) is 0 Å². The summed E-state index contributed by atoms with van der Waals surface area (Å²) in [6, 6.07) is 0.603. The lowest BCUT2D eigenvalue weighted by atomic mass is 10.1. The SMILES string of the molecule is [CH2-]N1CC[C@@H]1COCCC. The monoisotopic (exact) mass is 142 g/mol. The Hall–Kier alpha value is -0.0800. The first-order chi connectivity index (χ1) is 4.84. The van der Waals surface area contributed by atoms with E-state index in [1.165, 1.54) is 6.42 Å². The second-order valence-corrected chi connectivity index (χ2v) is 2.83. The van der Waals surface area contributed by atoms with Gasteiger partial charge in [0.2, 0.25) is 0 Å². The number of hydrogen-bond acceptors (Lipinski definition) is 2. The summed E-state index contributed by atoms with van der Waals surface area (Å²) in [6.07, 6.45) is 2.37. The summed E-state index contributed by atoms with van der Waals surface area (Å²) >= 11 is 0. The summed E-state index contributed by atoms with van der Waals surface area (Å²) in [4.78, 5) is 2.09. The highest BCUT2D eigenvalue weighted by Gasteiger charge is 2.18. The minimum Gasteiger partial charge on any atom is -0.455 e. The normalized spacial score (nSPS) is 26.4. The highest BCUT2D eigenvalue weighted by molar-refractivity contribution is 4.81. The van der Waals surface area contributed by atoms with E-state index in [4.69, 9.17) is 4.74 Å². The lowest BCUT2D eigenvalue weighted by Gasteiger charge is -2.44. The highest BCUT2D eigenvalue weighted by Crippen LogP contribution is 2.15. The van der Waals surface area contributed by atoms with Gasteiger partial charge < -0.3 is 9.64 Å². The molecule has 0 aromatic carbocycles. The van der Waals surface area contributed by atoms with Crippen LogP contribution in [0, 0.1) is 7.05 Å². The van der Waals surface area contributed by atoms with Gasteiger partial charge in [0, 0.05) is 12.6 Å². The predicted molar refractivity (Wildman–Crippen MR) is 41.6 cm³/mol. The van der Waals surface area contributed by atoms with Gasteiger partial charge in [0.1, 0.15) is 0 Å². The van der Waals surface area contributed by atoms with Crippen molar-refractivity contribution < 1.29 is 4.74 Å².